The summed E-state index contributed by atoms with van der Waals surface area (Å²) in [4.78, 5) is 24.7. The third kappa shape index (κ3) is 6.82. The molecular formula is C22H27N3O6S. The molecule has 2 aromatic carbocycles. The van der Waals surface area contributed by atoms with Gasteiger partial charge in [0.25, 0.3) is 11.8 Å². The van der Waals surface area contributed by atoms with Crippen LogP contribution in [0.25, 0.3) is 0 Å². The largest absolute Gasteiger partial charge is 0.493 e. The molecule has 0 saturated heterocycles. The van der Waals surface area contributed by atoms with Crippen molar-refractivity contribution >= 4 is 34.8 Å². The molecule has 2 aromatic rings. The molecule has 0 aromatic heterocycles. The van der Waals surface area contributed by atoms with Gasteiger partial charge in [-0.25, -0.2) is 0 Å². The van der Waals surface area contributed by atoms with Crippen LogP contribution in [-0.4, -0.2) is 58.5 Å². The fourth-order valence-electron chi connectivity index (χ4n) is 2.78. The number of methoxy groups -OCH3 is 4. The van der Waals surface area contributed by atoms with Crippen LogP contribution >= 0.6 is 12.2 Å². The minimum Gasteiger partial charge on any atom is -0.493 e. The van der Waals surface area contributed by atoms with Crippen LogP contribution in [0.1, 0.15) is 27.1 Å². The first kappa shape index (κ1) is 24.9. The highest BCUT2D eigenvalue weighted by molar-refractivity contribution is 7.80. The van der Waals surface area contributed by atoms with Gasteiger partial charge in [0.05, 0.1) is 21.3 Å². The van der Waals surface area contributed by atoms with Crippen LogP contribution in [0.15, 0.2) is 36.4 Å². The van der Waals surface area contributed by atoms with Crippen LogP contribution in [-0.2, 0) is 4.74 Å². The van der Waals surface area contributed by atoms with E-state index in [2.05, 4.69) is 16.0 Å². The quantitative estimate of drug-likeness (QED) is 0.366. The summed E-state index contributed by atoms with van der Waals surface area (Å²) in [6.07, 6.45) is 0.738. The number of carbonyl (C=O) groups excluding carboxylic acids is 2. The zero-order valence-electron chi connectivity index (χ0n) is 18.4. The Morgan fingerprint density at radius 1 is 0.875 bits per heavy atom. The Bertz CT molecular complexity index is 924. The normalized spacial score (nSPS) is 10.1. The molecule has 0 aliphatic rings. The number of hydrogen-bond donors (Lipinski definition) is 3. The topological polar surface area (TPSA) is 107 Å². The number of carbonyl (C=O) groups is 2. The maximum absolute atomic E-state index is 12.6. The molecule has 3 N–H and O–H groups in total. The Labute approximate surface area is 192 Å². The molecule has 0 atom stereocenters. The molecule has 0 aliphatic carbocycles. The SMILES string of the molecule is COCCCNC(=O)c1ccc(NC(=S)NC(=O)c2cc(OC)c(OC)c(OC)c2)cc1. The van der Waals surface area contributed by atoms with E-state index in [1.165, 1.54) is 33.5 Å². The van der Waals surface area contributed by atoms with Gasteiger partial charge in [-0.2, -0.15) is 0 Å². The van der Waals surface area contributed by atoms with E-state index in [1.807, 2.05) is 0 Å². The van der Waals surface area contributed by atoms with Crippen molar-refractivity contribution in [2.75, 3.05) is 46.9 Å². The van der Waals surface area contributed by atoms with E-state index in [9.17, 15) is 9.59 Å². The van der Waals surface area contributed by atoms with Crippen molar-refractivity contribution in [1.82, 2.24) is 10.6 Å². The van der Waals surface area contributed by atoms with Gasteiger partial charge in [0.15, 0.2) is 16.6 Å². The average molecular weight is 462 g/mol. The molecule has 10 heteroatoms. The first-order valence-corrected chi connectivity index (χ1v) is 10.1. The number of ether oxygens (including phenoxy) is 4. The van der Waals surface area contributed by atoms with Gasteiger partial charge >= 0.3 is 0 Å². The van der Waals surface area contributed by atoms with Crippen molar-refractivity contribution in [2.45, 2.75) is 6.42 Å². The minimum absolute atomic E-state index is 0.0977. The van der Waals surface area contributed by atoms with Gasteiger partial charge in [0, 0.05) is 37.1 Å². The van der Waals surface area contributed by atoms with Gasteiger partial charge in [-0.15, -0.1) is 0 Å². The smallest absolute Gasteiger partial charge is 0.257 e. The van der Waals surface area contributed by atoms with Crippen LogP contribution < -0.4 is 30.2 Å². The first-order valence-electron chi connectivity index (χ1n) is 9.73. The van der Waals surface area contributed by atoms with E-state index in [0.29, 0.717) is 41.7 Å². The summed E-state index contributed by atoms with van der Waals surface area (Å²) in [6.45, 7) is 1.12. The fourth-order valence-corrected chi connectivity index (χ4v) is 2.99. The van der Waals surface area contributed by atoms with E-state index >= 15 is 0 Å². The highest BCUT2D eigenvalue weighted by atomic mass is 32.1. The summed E-state index contributed by atoms with van der Waals surface area (Å²) in [5.41, 5.74) is 1.42. The third-order valence-electron chi connectivity index (χ3n) is 4.37. The maximum Gasteiger partial charge on any atom is 0.257 e. The molecule has 0 aliphatic heterocycles. The van der Waals surface area contributed by atoms with Crippen molar-refractivity contribution in [3.63, 3.8) is 0 Å². The molecule has 0 heterocycles. The summed E-state index contributed by atoms with van der Waals surface area (Å²) in [6, 6.07) is 9.78. The van der Waals surface area contributed by atoms with E-state index in [1.54, 1.807) is 31.4 Å². The number of nitrogens with one attached hydrogen (secondary N) is 3. The van der Waals surface area contributed by atoms with E-state index < -0.39 is 5.91 Å². The molecule has 0 fully saturated rings. The van der Waals surface area contributed by atoms with Crippen LogP contribution in [0.2, 0.25) is 0 Å². The summed E-state index contributed by atoms with van der Waals surface area (Å²) in [5.74, 6) is 0.466. The molecule has 0 unspecified atom stereocenters. The number of hydrogen-bond acceptors (Lipinski definition) is 7. The molecule has 0 bridgehead atoms. The van der Waals surface area contributed by atoms with Crippen molar-refractivity contribution < 1.29 is 28.5 Å². The van der Waals surface area contributed by atoms with Crippen molar-refractivity contribution in [1.29, 1.82) is 0 Å². The third-order valence-corrected chi connectivity index (χ3v) is 4.57. The molecule has 2 amide bonds. The van der Waals surface area contributed by atoms with Crippen LogP contribution in [0, 0.1) is 0 Å². The van der Waals surface area contributed by atoms with Crippen molar-refractivity contribution in [3.8, 4) is 17.2 Å². The van der Waals surface area contributed by atoms with Crippen molar-refractivity contribution in [3.05, 3.63) is 47.5 Å². The second-order valence-corrected chi connectivity index (χ2v) is 6.91. The molecule has 9 nitrogen and oxygen atoms in total. The molecule has 2 rings (SSSR count). The Hall–Kier alpha value is -3.37. The van der Waals surface area contributed by atoms with E-state index in [0.717, 1.165) is 6.42 Å². The maximum atomic E-state index is 12.6. The first-order chi connectivity index (χ1) is 15.4. The second kappa shape index (κ2) is 12.5. The Morgan fingerprint density at radius 3 is 2.03 bits per heavy atom. The Kier molecular flexibility index (Phi) is 9.71. The van der Waals surface area contributed by atoms with E-state index in [-0.39, 0.29) is 16.6 Å². The summed E-state index contributed by atoms with van der Waals surface area (Å²) >= 11 is 5.23. The van der Waals surface area contributed by atoms with Crippen LogP contribution in [0.3, 0.4) is 0 Å². The summed E-state index contributed by atoms with van der Waals surface area (Å²) < 4.78 is 20.7. The number of amides is 2. The van der Waals surface area contributed by atoms with Crippen LogP contribution in [0.4, 0.5) is 5.69 Å². The number of rotatable bonds is 10. The van der Waals surface area contributed by atoms with Gasteiger partial charge in [0.1, 0.15) is 0 Å². The van der Waals surface area contributed by atoms with Gasteiger partial charge < -0.3 is 29.6 Å². The second-order valence-electron chi connectivity index (χ2n) is 6.50. The Balaban J connectivity index is 1.97. The highest BCUT2D eigenvalue weighted by Gasteiger charge is 2.17. The van der Waals surface area contributed by atoms with E-state index in [4.69, 9.17) is 31.2 Å². The lowest BCUT2D eigenvalue weighted by molar-refractivity contribution is 0.0946. The monoisotopic (exact) mass is 461 g/mol. The molecule has 172 valence electrons. The lowest BCUT2D eigenvalue weighted by Crippen LogP contribution is -2.34. The summed E-state index contributed by atoms with van der Waals surface area (Å²) in [7, 11) is 6.03. The predicted octanol–water partition coefficient (Wildman–Crippen LogP) is 2.61. The lowest BCUT2D eigenvalue weighted by atomic mass is 10.1. The lowest BCUT2D eigenvalue weighted by Gasteiger charge is -2.14. The number of anilines is 1. The fraction of sp³-hybridized carbons (Fsp3) is 0.318. The average Bonchev–Trinajstić information content (AvgIpc) is 2.80. The van der Waals surface area contributed by atoms with Gasteiger partial charge in [-0.05, 0) is 55.0 Å². The standard InChI is InChI=1S/C22H27N3O6S/c1-28-11-5-10-23-20(26)14-6-8-16(9-7-14)24-22(32)25-21(27)15-12-17(29-2)19(31-4)18(13-15)30-3/h6-9,12-13H,5,10-11H2,1-4H3,(H,23,26)(H2,24,25,27,32). The molecule has 0 radical (unpaired) electrons. The highest BCUT2D eigenvalue weighted by Crippen LogP contribution is 2.38. The number of benzene rings is 2. The van der Waals surface area contributed by atoms with Crippen molar-refractivity contribution in [2.24, 2.45) is 0 Å². The van der Waals surface area contributed by atoms with Gasteiger partial charge in [-0.1, -0.05) is 0 Å². The van der Waals surface area contributed by atoms with Crippen LogP contribution in [0.5, 0.6) is 17.2 Å². The zero-order chi connectivity index (χ0) is 23.5. The van der Waals surface area contributed by atoms with Gasteiger partial charge in [0.2, 0.25) is 5.75 Å². The minimum atomic E-state index is -0.450. The zero-order valence-corrected chi connectivity index (χ0v) is 19.3. The molecular weight excluding hydrogens is 434 g/mol. The summed E-state index contributed by atoms with van der Waals surface area (Å²) in [5, 5.41) is 8.42. The van der Waals surface area contributed by atoms with Gasteiger partial charge in [-0.3, -0.25) is 14.9 Å². The molecule has 32 heavy (non-hydrogen) atoms. The Morgan fingerprint density at radius 2 is 1.50 bits per heavy atom. The molecule has 0 spiro atoms. The predicted molar refractivity (Wildman–Crippen MR) is 125 cm³/mol. The molecule has 0 saturated carbocycles. The number of thiocarbonyl (C=S) groups is 1.